The summed E-state index contributed by atoms with van der Waals surface area (Å²) in [6, 6.07) is -1.15. The number of alkyl halides is 1. The van der Waals surface area contributed by atoms with Crippen LogP contribution in [0.5, 0.6) is 0 Å². The molecule has 0 radical (unpaired) electrons. The second-order valence-corrected chi connectivity index (χ2v) is 6.42. The molecule has 1 heterocycles. The maximum absolute atomic E-state index is 14.6. The SMILES string of the molecule is CCCCC1(F)CC(C(=O)O)N(C(=O)OC(C)(C)C)C1. The first-order valence-corrected chi connectivity index (χ1v) is 6.99. The van der Waals surface area contributed by atoms with Crippen LogP contribution in [0, 0.1) is 0 Å². The van der Waals surface area contributed by atoms with Gasteiger partial charge in [-0.15, -0.1) is 0 Å². The lowest BCUT2D eigenvalue weighted by Crippen LogP contribution is -2.43. The van der Waals surface area contributed by atoms with E-state index in [4.69, 9.17) is 4.74 Å². The average molecular weight is 289 g/mol. The summed E-state index contributed by atoms with van der Waals surface area (Å²) in [6.07, 6.45) is 0.843. The second-order valence-electron chi connectivity index (χ2n) is 6.42. The molecule has 1 amide bonds. The van der Waals surface area contributed by atoms with Crippen molar-refractivity contribution in [1.82, 2.24) is 4.90 Å². The first kappa shape index (κ1) is 16.7. The normalized spacial score (nSPS) is 26.6. The largest absolute Gasteiger partial charge is 0.480 e. The third-order valence-corrected chi connectivity index (χ3v) is 3.28. The van der Waals surface area contributed by atoms with Crippen molar-refractivity contribution in [3.8, 4) is 0 Å². The Morgan fingerprint density at radius 3 is 2.50 bits per heavy atom. The summed E-state index contributed by atoms with van der Waals surface area (Å²) in [6.45, 7) is 6.81. The number of likely N-dealkylation sites (tertiary alicyclic amines) is 1. The molecule has 0 aromatic heterocycles. The maximum atomic E-state index is 14.6. The summed E-state index contributed by atoms with van der Waals surface area (Å²) in [5, 5.41) is 9.17. The summed E-state index contributed by atoms with van der Waals surface area (Å²) >= 11 is 0. The molecule has 0 bridgehead atoms. The summed E-state index contributed by atoms with van der Waals surface area (Å²) in [4.78, 5) is 24.2. The van der Waals surface area contributed by atoms with Crippen LogP contribution in [-0.2, 0) is 9.53 Å². The molecule has 1 rings (SSSR count). The van der Waals surface area contributed by atoms with Crippen LogP contribution in [0.3, 0.4) is 0 Å². The van der Waals surface area contributed by atoms with E-state index in [1.807, 2.05) is 6.92 Å². The van der Waals surface area contributed by atoms with E-state index in [9.17, 15) is 19.1 Å². The van der Waals surface area contributed by atoms with Gasteiger partial charge in [-0.25, -0.2) is 14.0 Å². The van der Waals surface area contributed by atoms with E-state index in [1.54, 1.807) is 20.8 Å². The molecule has 20 heavy (non-hydrogen) atoms. The number of carboxylic acids is 1. The minimum Gasteiger partial charge on any atom is -0.480 e. The Morgan fingerprint density at radius 1 is 1.45 bits per heavy atom. The number of ether oxygens (including phenoxy) is 1. The van der Waals surface area contributed by atoms with Crippen molar-refractivity contribution >= 4 is 12.1 Å². The van der Waals surface area contributed by atoms with E-state index in [0.717, 1.165) is 11.3 Å². The molecule has 1 saturated heterocycles. The zero-order valence-electron chi connectivity index (χ0n) is 12.6. The second kappa shape index (κ2) is 5.97. The van der Waals surface area contributed by atoms with E-state index in [-0.39, 0.29) is 19.4 Å². The summed E-state index contributed by atoms with van der Waals surface area (Å²) in [7, 11) is 0. The molecule has 2 unspecified atom stereocenters. The highest BCUT2D eigenvalue weighted by Crippen LogP contribution is 2.36. The molecule has 0 spiro atoms. The van der Waals surface area contributed by atoms with Crippen LogP contribution in [0.15, 0.2) is 0 Å². The number of carbonyl (C=O) groups is 2. The fourth-order valence-electron chi connectivity index (χ4n) is 2.34. The van der Waals surface area contributed by atoms with Gasteiger partial charge in [-0.1, -0.05) is 19.8 Å². The molecule has 0 aromatic carbocycles. The Labute approximate surface area is 119 Å². The van der Waals surface area contributed by atoms with Crippen molar-refractivity contribution in [3.05, 3.63) is 0 Å². The third kappa shape index (κ3) is 4.35. The van der Waals surface area contributed by atoms with E-state index < -0.39 is 29.4 Å². The highest BCUT2D eigenvalue weighted by atomic mass is 19.1. The molecule has 2 atom stereocenters. The van der Waals surface area contributed by atoms with E-state index in [2.05, 4.69) is 0 Å². The zero-order valence-corrected chi connectivity index (χ0v) is 12.6. The van der Waals surface area contributed by atoms with Crippen molar-refractivity contribution in [2.24, 2.45) is 0 Å². The van der Waals surface area contributed by atoms with Gasteiger partial charge >= 0.3 is 12.1 Å². The van der Waals surface area contributed by atoms with Crippen molar-refractivity contribution in [1.29, 1.82) is 0 Å². The number of hydrogen-bond acceptors (Lipinski definition) is 3. The topological polar surface area (TPSA) is 66.8 Å². The van der Waals surface area contributed by atoms with Crippen LogP contribution < -0.4 is 0 Å². The monoisotopic (exact) mass is 289 g/mol. The van der Waals surface area contributed by atoms with Gasteiger partial charge in [0.05, 0.1) is 6.54 Å². The Hall–Kier alpha value is -1.33. The Balaban J connectivity index is 2.82. The fraction of sp³-hybridized carbons (Fsp3) is 0.857. The minimum atomic E-state index is -1.63. The zero-order chi connectivity index (χ0) is 15.6. The minimum absolute atomic E-state index is 0.165. The molecule has 0 saturated carbocycles. The quantitative estimate of drug-likeness (QED) is 0.864. The summed E-state index contributed by atoms with van der Waals surface area (Å²) in [5.41, 5.74) is -2.36. The molecule has 1 N–H and O–H groups in total. The number of halogens is 1. The van der Waals surface area contributed by atoms with Gasteiger partial charge in [0, 0.05) is 6.42 Å². The predicted octanol–water partition coefficient (Wildman–Crippen LogP) is 2.98. The lowest BCUT2D eigenvalue weighted by Gasteiger charge is -2.27. The van der Waals surface area contributed by atoms with Gasteiger partial charge in [0.1, 0.15) is 17.3 Å². The maximum Gasteiger partial charge on any atom is 0.411 e. The highest BCUT2D eigenvalue weighted by Gasteiger charge is 2.50. The lowest BCUT2D eigenvalue weighted by atomic mass is 9.96. The summed E-state index contributed by atoms with van der Waals surface area (Å²) in [5.74, 6) is -1.19. The van der Waals surface area contributed by atoms with Gasteiger partial charge in [-0.2, -0.15) is 0 Å². The van der Waals surface area contributed by atoms with Crippen LogP contribution in [0.25, 0.3) is 0 Å². The molecule has 1 aliphatic heterocycles. The number of amides is 1. The van der Waals surface area contributed by atoms with Gasteiger partial charge in [0.2, 0.25) is 0 Å². The van der Waals surface area contributed by atoms with Gasteiger partial charge < -0.3 is 9.84 Å². The van der Waals surface area contributed by atoms with Gasteiger partial charge in [-0.05, 0) is 27.2 Å². The Bertz CT molecular complexity index is 380. The number of carboxylic acid groups (broad SMARTS) is 1. The standard InChI is InChI=1S/C14H24FNO4/c1-5-6-7-14(15)8-10(11(17)18)16(9-14)12(19)20-13(2,3)4/h10H,5-9H2,1-4H3,(H,17,18). The average Bonchev–Trinajstić information content (AvgIpc) is 2.64. The van der Waals surface area contributed by atoms with Crippen LogP contribution in [-0.4, -0.2) is 45.9 Å². The van der Waals surface area contributed by atoms with E-state index >= 15 is 0 Å². The number of aliphatic carboxylic acids is 1. The van der Waals surface area contributed by atoms with E-state index in [0.29, 0.717) is 6.42 Å². The lowest BCUT2D eigenvalue weighted by molar-refractivity contribution is -0.142. The highest BCUT2D eigenvalue weighted by molar-refractivity contribution is 5.81. The molecule has 1 fully saturated rings. The molecule has 5 nitrogen and oxygen atoms in total. The fourth-order valence-corrected chi connectivity index (χ4v) is 2.34. The summed E-state index contributed by atoms with van der Waals surface area (Å²) < 4.78 is 19.8. The smallest absolute Gasteiger partial charge is 0.411 e. The van der Waals surface area contributed by atoms with Crippen LogP contribution in [0.2, 0.25) is 0 Å². The van der Waals surface area contributed by atoms with Crippen molar-refractivity contribution < 1.29 is 23.8 Å². The molecule has 1 aliphatic rings. The molecule has 116 valence electrons. The van der Waals surface area contributed by atoms with Crippen LogP contribution >= 0.6 is 0 Å². The molecule has 0 aromatic rings. The van der Waals surface area contributed by atoms with Crippen LogP contribution in [0.4, 0.5) is 9.18 Å². The number of unbranched alkanes of at least 4 members (excludes halogenated alkanes) is 1. The third-order valence-electron chi connectivity index (χ3n) is 3.28. The first-order valence-electron chi connectivity index (χ1n) is 6.99. The molecule has 6 heteroatoms. The van der Waals surface area contributed by atoms with Gasteiger partial charge in [0.15, 0.2) is 0 Å². The van der Waals surface area contributed by atoms with Crippen molar-refractivity contribution in [3.63, 3.8) is 0 Å². The molecule has 0 aliphatic carbocycles. The Morgan fingerprint density at radius 2 is 2.05 bits per heavy atom. The van der Waals surface area contributed by atoms with Crippen molar-refractivity contribution in [2.45, 2.75) is 70.7 Å². The van der Waals surface area contributed by atoms with Crippen molar-refractivity contribution in [2.75, 3.05) is 6.54 Å². The van der Waals surface area contributed by atoms with E-state index in [1.165, 1.54) is 0 Å². The van der Waals surface area contributed by atoms with Crippen LogP contribution in [0.1, 0.15) is 53.4 Å². The Kier molecular flexibility index (Phi) is 5.00. The predicted molar refractivity (Wildman–Crippen MR) is 72.3 cm³/mol. The molecular formula is C14H24FNO4. The van der Waals surface area contributed by atoms with Gasteiger partial charge in [0.25, 0.3) is 0 Å². The number of nitrogens with zero attached hydrogens (tertiary/aromatic N) is 1. The number of carbonyl (C=O) groups excluding carboxylic acids is 1. The number of rotatable bonds is 4. The van der Waals surface area contributed by atoms with Gasteiger partial charge in [-0.3, -0.25) is 4.90 Å². The number of hydrogen-bond donors (Lipinski definition) is 1. The first-order chi connectivity index (χ1) is 9.08. The molecular weight excluding hydrogens is 265 g/mol.